The summed E-state index contributed by atoms with van der Waals surface area (Å²) in [6.07, 6.45) is 9.58. The van der Waals surface area contributed by atoms with Gasteiger partial charge in [-0.1, -0.05) is 19.4 Å². The van der Waals surface area contributed by atoms with Crippen LogP contribution >= 0.6 is 11.6 Å². The highest BCUT2D eigenvalue weighted by Gasteiger charge is 2.81. The van der Waals surface area contributed by atoms with E-state index in [-0.39, 0.29) is 28.3 Å². The van der Waals surface area contributed by atoms with Gasteiger partial charge in [0.2, 0.25) is 0 Å². The van der Waals surface area contributed by atoms with Crippen molar-refractivity contribution in [3.05, 3.63) is 11.6 Å². The average molecular weight is 450 g/mol. The molecule has 0 radical (unpaired) electrons. The molecule has 1 N–H and O–H groups in total. The molecule has 2 unspecified atom stereocenters. The number of epoxide rings is 1. The molecule has 5 aliphatic rings. The van der Waals surface area contributed by atoms with Crippen molar-refractivity contribution in [2.75, 3.05) is 0 Å². The fraction of sp³-hybridized carbons (Fsp3) is 0.826. The molecule has 4 fully saturated rings. The van der Waals surface area contributed by atoms with Crippen LogP contribution in [0.25, 0.3) is 0 Å². The first kappa shape index (κ1) is 21.0. The van der Waals surface area contributed by atoms with Crippen LogP contribution in [0.1, 0.15) is 58.8 Å². The van der Waals surface area contributed by atoms with Crippen LogP contribution < -0.4 is 0 Å². The van der Waals surface area contributed by atoms with E-state index in [0.717, 1.165) is 32.1 Å². The van der Waals surface area contributed by atoms with E-state index in [1.54, 1.807) is 0 Å². The van der Waals surface area contributed by atoms with E-state index in [1.807, 2.05) is 25.4 Å². The van der Waals surface area contributed by atoms with E-state index in [1.165, 1.54) is 5.57 Å². The number of carbonyl (C=O) groups excluding carboxylic acids is 1. The molecule has 164 valence electrons. The molecular weight excluding hydrogens is 418 g/mol. The van der Waals surface area contributed by atoms with Crippen LogP contribution in [0, 0.1) is 34.2 Å². The van der Waals surface area contributed by atoms with Crippen molar-refractivity contribution in [3.8, 4) is 6.26 Å². The number of hydrogen-bond acceptors (Lipinski definition) is 5. The van der Waals surface area contributed by atoms with Crippen LogP contribution in [0.2, 0.25) is 13.1 Å². The van der Waals surface area contributed by atoms with Crippen LogP contribution in [0.4, 0.5) is 0 Å². The number of aliphatic hydroxyl groups is 1. The number of nitrogens with zero attached hydrogens (tertiary/aromatic N) is 1. The fourth-order valence-electron chi connectivity index (χ4n) is 8.21. The van der Waals surface area contributed by atoms with Crippen molar-refractivity contribution in [2.24, 2.45) is 22.7 Å². The first-order chi connectivity index (χ1) is 14.0. The second-order valence-corrected chi connectivity index (χ2v) is 16.2. The molecule has 4 aliphatic carbocycles. The summed E-state index contributed by atoms with van der Waals surface area (Å²) in [5.41, 5.74) is -0.413. The lowest BCUT2D eigenvalue weighted by Gasteiger charge is -2.57. The maximum Gasteiger partial charge on any atom is 0.282 e. The summed E-state index contributed by atoms with van der Waals surface area (Å²) in [6, 6.07) is 0. The van der Waals surface area contributed by atoms with E-state index in [2.05, 4.69) is 13.8 Å². The number of nitriles is 1. The number of alkyl halides is 1. The molecule has 0 bridgehead atoms. The zero-order chi connectivity index (χ0) is 21.7. The average Bonchev–Trinajstić information content (AvgIpc) is 3.33. The number of hydrogen-bond donors (Lipinski definition) is 1. The zero-order valence-corrected chi connectivity index (χ0v) is 20.1. The maximum atomic E-state index is 12.1. The van der Waals surface area contributed by atoms with Crippen molar-refractivity contribution >= 4 is 25.7 Å². The van der Waals surface area contributed by atoms with Gasteiger partial charge >= 0.3 is 0 Å². The summed E-state index contributed by atoms with van der Waals surface area (Å²) in [6.45, 7) is 8.34. The Labute approximate surface area is 184 Å². The van der Waals surface area contributed by atoms with Crippen LogP contribution in [0.3, 0.4) is 0 Å². The third kappa shape index (κ3) is 2.28. The summed E-state index contributed by atoms with van der Waals surface area (Å²) in [7, 11) is -2.60. The second kappa shape index (κ2) is 6.13. The van der Waals surface area contributed by atoms with E-state index < -0.39 is 18.9 Å². The van der Waals surface area contributed by atoms with Gasteiger partial charge in [-0.3, -0.25) is 4.79 Å². The highest BCUT2D eigenvalue weighted by molar-refractivity contribution is 6.80. The number of halogens is 1. The third-order valence-corrected chi connectivity index (χ3v) is 14.1. The Hall–Kier alpha value is -0.873. The first-order valence-electron chi connectivity index (χ1n) is 11.3. The summed E-state index contributed by atoms with van der Waals surface area (Å²) in [4.78, 5) is 12.1. The Morgan fingerprint density at radius 2 is 2.03 bits per heavy atom. The molecule has 0 aromatic carbocycles. The van der Waals surface area contributed by atoms with Gasteiger partial charge < -0.3 is 14.3 Å². The second-order valence-electron chi connectivity index (χ2n) is 11.4. The Morgan fingerprint density at radius 1 is 1.30 bits per heavy atom. The van der Waals surface area contributed by atoms with Crippen molar-refractivity contribution in [2.45, 2.75) is 94.2 Å². The number of carbonyl (C=O) groups is 1. The Balaban J connectivity index is 1.52. The summed E-state index contributed by atoms with van der Waals surface area (Å²) < 4.78 is 12.0. The molecule has 7 heteroatoms. The SMILES string of the molecule is C[C@]12CCC(=O)C=C1CCC1C3CC[C@](O)([C@H](Cl)[Si](C)(C)OC#N)[C@@]3(C)C[C@@H]3O[C@]132. The molecule has 0 aromatic rings. The number of ether oxygens (including phenoxy) is 1. The standard InChI is InChI=1S/C23H32ClNO4Si/c1-20-9-7-15(26)11-14(20)5-6-17-16-8-10-22(27,19(24)30(3,4)28-13-25)21(16,2)12-18-23(17,20)29-18/h11,16-19,27H,5-10,12H2,1-4H3/t16?,17?,18-,19+,20-,21-,22-,23+/m0/s1. The summed E-state index contributed by atoms with van der Waals surface area (Å²) in [5, 5.41) is 20.6. The summed E-state index contributed by atoms with van der Waals surface area (Å²) >= 11 is 6.95. The molecule has 3 saturated carbocycles. The van der Waals surface area contributed by atoms with Gasteiger partial charge in [-0.15, -0.1) is 11.6 Å². The van der Waals surface area contributed by atoms with E-state index in [4.69, 9.17) is 26.0 Å². The number of ketones is 1. The van der Waals surface area contributed by atoms with Gasteiger partial charge in [0, 0.05) is 17.3 Å². The van der Waals surface area contributed by atoms with Crippen molar-refractivity contribution in [1.82, 2.24) is 0 Å². The van der Waals surface area contributed by atoms with Gasteiger partial charge in [-0.25, -0.2) is 0 Å². The third-order valence-electron chi connectivity index (χ3n) is 9.89. The van der Waals surface area contributed by atoms with E-state index >= 15 is 0 Å². The molecular formula is C23H32ClNO4Si. The van der Waals surface area contributed by atoms with Crippen LogP contribution in [-0.4, -0.2) is 41.5 Å². The zero-order valence-electron chi connectivity index (χ0n) is 18.3. The van der Waals surface area contributed by atoms with Crippen molar-refractivity contribution < 1.29 is 19.1 Å². The van der Waals surface area contributed by atoms with Gasteiger partial charge in [-0.05, 0) is 69.5 Å². The van der Waals surface area contributed by atoms with E-state index in [9.17, 15) is 9.90 Å². The van der Waals surface area contributed by atoms with Gasteiger partial charge in [0.25, 0.3) is 14.6 Å². The molecule has 1 heterocycles. The largest absolute Gasteiger partial charge is 0.481 e. The lowest BCUT2D eigenvalue weighted by Crippen LogP contribution is -2.65. The topological polar surface area (TPSA) is 82.8 Å². The lowest BCUT2D eigenvalue weighted by atomic mass is 9.46. The Bertz CT molecular complexity index is 885. The molecule has 0 amide bonds. The number of fused-ring (bicyclic) bond motifs is 3. The molecule has 1 spiro atoms. The quantitative estimate of drug-likeness (QED) is 0.301. The maximum absolute atomic E-state index is 12.1. The predicted octanol–water partition coefficient (Wildman–Crippen LogP) is 4.23. The van der Waals surface area contributed by atoms with Gasteiger partial charge in [0.05, 0.1) is 16.7 Å². The van der Waals surface area contributed by atoms with Crippen molar-refractivity contribution in [1.29, 1.82) is 5.26 Å². The number of rotatable bonds is 3. The highest BCUT2D eigenvalue weighted by Crippen LogP contribution is 2.76. The van der Waals surface area contributed by atoms with Gasteiger partial charge in [-0.2, -0.15) is 5.26 Å². The van der Waals surface area contributed by atoms with Gasteiger partial charge in [0.15, 0.2) is 5.78 Å². The monoisotopic (exact) mass is 449 g/mol. The molecule has 5 rings (SSSR count). The fourth-order valence-corrected chi connectivity index (χ4v) is 10.7. The minimum absolute atomic E-state index is 0.0746. The normalized spacial score (nSPS) is 50.2. The van der Waals surface area contributed by atoms with Crippen LogP contribution in [0.5, 0.6) is 0 Å². The molecule has 1 aliphatic heterocycles. The van der Waals surface area contributed by atoms with Gasteiger partial charge in [0.1, 0.15) is 5.60 Å². The minimum Gasteiger partial charge on any atom is -0.481 e. The molecule has 0 aromatic heterocycles. The lowest BCUT2D eigenvalue weighted by molar-refractivity contribution is -0.119. The van der Waals surface area contributed by atoms with Crippen LogP contribution in [-0.2, 0) is 14.0 Å². The van der Waals surface area contributed by atoms with E-state index in [0.29, 0.717) is 24.7 Å². The molecule has 8 atom stereocenters. The Morgan fingerprint density at radius 3 is 2.73 bits per heavy atom. The first-order valence-corrected chi connectivity index (χ1v) is 14.7. The van der Waals surface area contributed by atoms with Crippen LogP contribution in [0.15, 0.2) is 11.6 Å². The summed E-state index contributed by atoms with van der Waals surface area (Å²) in [5.74, 6) is 0.946. The predicted molar refractivity (Wildman–Crippen MR) is 115 cm³/mol. The smallest absolute Gasteiger partial charge is 0.282 e. The minimum atomic E-state index is -2.60. The Kier molecular flexibility index (Phi) is 4.29. The molecule has 30 heavy (non-hydrogen) atoms. The van der Waals surface area contributed by atoms with Crippen molar-refractivity contribution in [3.63, 3.8) is 0 Å². The molecule has 5 nitrogen and oxygen atoms in total. The molecule has 1 saturated heterocycles. The highest BCUT2D eigenvalue weighted by atomic mass is 35.5.